The van der Waals surface area contributed by atoms with Crippen molar-refractivity contribution >= 4 is 17.9 Å². The molecule has 0 N–H and O–H groups in total. The second-order valence-electron chi connectivity index (χ2n) is 3.45. The molecule has 0 bridgehead atoms. The van der Waals surface area contributed by atoms with E-state index in [0.29, 0.717) is 6.29 Å². The van der Waals surface area contributed by atoms with E-state index in [2.05, 4.69) is 0 Å². The van der Waals surface area contributed by atoms with Gasteiger partial charge in [0.2, 0.25) is 0 Å². The Balaban J connectivity index is 2.40. The molecule has 0 saturated heterocycles. The Labute approximate surface area is 107 Å². The Morgan fingerprint density at radius 1 is 1.11 bits per heavy atom. The molecule has 0 heterocycles. The highest BCUT2D eigenvalue weighted by Gasteiger charge is 2.11. The van der Waals surface area contributed by atoms with E-state index < -0.39 is 11.6 Å². The summed E-state index contributed by atoms with van der Waals surface area (Å²) in [5, 5.41) is -0.0951. The Morgan fingerprint density at radius 3 is 2.61 bits per heavy atom. The number of halogens is 3. The molecule has 5 heteroatoms. The lowest BCUT2D eigenvalue weighted by molar-refractivity contribution is 0.112. The number of hydrogen-bond donors (Lipinski definition) is 0. The molecule has 0 aliphatic rings. The molecule has 0 aliphatic carbocycles. The van der Waals surface area contributed by atoms with Crippen molar-refractivity contribution < 1.29 is 18.3 Å². The van der Waals surface area contributed by atoms with Crippen molar-refractivity contribution in [3.8, 4) is 11.5 Å². The van der Waals surface area contributed by atoms with E-state index in [1.54, 1.807) is 0 Å². The smallest absolute Gasteiger partial charge is 0.184 e. The fraction of sp³-hybridized carbons (Fsp3) is 0. The van der Waals surface area contributed by atoms with Crippen LogP contribution in [0.25, 0.3) is 0 Å². The van der Waals surface area contributed by atoms with Gasteiger partial charge >= 0.3 is 0 Å². The van der Waals surface area contributed by atoms with Crippen LogP contribution in [0.1, 0.15) is 10.4 Å². The summed E-state index contributed by atoms with van der Waals surface area (Å²) in [6.45, 7) is 0. The minimum atomic E-state index is -0.736. The van der Waals surface area contributed by atoms with Gasteiger partial charge in [0, 0.05) is 0 Å². The number of ether oxygens (including phenoxy) is 1. The molecular formula is C13H7ClF2O2. The van der Waals surface area contributed by atoms with Crippen molar-refractivity contribution in [2.75, 3.05) is 0 Å². The number of carbonyl (C=O) groups is 1. The zero-order valence-corrected chi connectivity index (χ0v) is 9.75. The molecule has 2 rings (SSSR count). The Morgan fingerprint density at radius 2 is 1.89 bits per heavy atom. The van der Waals surface area contributed by atoms with Gasteiger partial charge in [0.15, 0.2) is 17.9 Å². The highest BCUT2D eigenvalue weighted by Crippen LogP contribution is 2.30. The van der Waals surface area contributed by atoms with Crippen LogP contribution in [0.15, 0.2) is 36.4 Å². The van der Waals surface area contributed by atoms with Crippen molar-refractivity contribution in [2.24, 2.45) is 0 Å². The van der Waals surface area contributed by atoms with Crippen molar-refractivity contribution in [1.29, 1.82) is 0 Å². The summed E-state index contributed by atoms with van der Waals surface area (Å²) in [5.41, 5.74) is -0.00521. The molecule has 18 heavy (non-hydrogen) atoms. The van der Waals surface area contributed by atoms with E-state index in [1.165, 1.54) is 24.3 Å². The predicted molar refractivity (Wildman–Crippen MR) is 63.3 cm³/mol. The number of benzene rings is 2. The average Bonchev–Trinajstić information content (AvgIpc) is 2.37. The quantitative estimate of drug-likeness (QED) is 0.779. The molecule has 0 aliphatic heterocycles. The molecule has 0 amide bonds. The SMILES string of the molecule is O=Cc1cc(F)ccc1Oc1cccc(Cl)c1F. The number of carbonyl (C=O) groups excluding carboxylic acids is 1. The van der Waals surface area contributed by atoms with E-state index in [0.717, 1.165) is 12.1 Å². The van der Waals surface area contributed by atoms with Crippen LogP contribution in [0, 0.1) is 11.6 Å². The third kappa shape index (κ3) is 2.49. The predicted octanol–water partition coefficient (Wildman–Crippen LogP) is 4.22. The molecule has 0 atom stereocenters. The summed E-state index contributed by atoms with van der Waals surface area (Å²) in [5.74, 6) is -1.37. The second kappa shape index (κ2) is 5.14. The zero-order valence-electron chi connectivity index (χ0n) is 8.99. The van der Waals surface area contributed by atoms with Crippen LogP contribution in [-0.2, 0) is 0 Å². The molecule has 2 aromatic rings. The second-order valence-corrected chi connectivity index (χ2v) is 3.86. The molecule has 0 fully saturated rings. The van der Waals surface area contributed by atoms with Crippen LogP contribution in [0.5, 0.6) is 11.5 Å². The maximum atomic E-state index is 13.6. The van der Waals surface area contributed by atoms with Crippen LogP contribution in [-0.4, -0.2) is 6.29 Å². The van der Waals surface area contributed by atoms with Gasteiger partial charge in [0.1, 0.15) is 11.6 Å². The molecule has 0 aromatic heterocycles. The topological polar surface area (TPSA) is 26.3 Å². The summed E-state index contributed by atoms with van der Waals surface area (Å²) in [4.78, 5) is 10.8. The third-order valence-corrected chi connectivity index (χ3v) is 2.53. The third-order valence-electron chi connectivity index (χ3n) is 2.23. The number of rotatable bonds is 3. The maximum Gasteiger partial charge on any atom is 0.184 e. The van der Waals surface area contributed by atoms with E-state index in [4.69, 9.17) is 16.3 Å². The normalized spacial score (nSPS) is 10.2. The molecule has 0 unspecified atom stereocenters. The molecule has 0 spiro atoms. The van der Waals surface area contributed by atoms with Crippen molar-refractivity contribution in [1.82, 2.24) is 0 Å². The summed E-state index contributed by atoms with van der Waals surface area (Å²) in [6, 6.07) is 7.61. The highest BCUT2D eigenvalue weighted by atomic mass is 35.5. The lowest BCUT2D eigenvalue weighted by atomic mass is 10.2. The molecule has 0 radical (unpaired) electrons. The fourth-order valence-electron chi connectivity index (χ4n) is 1.39. The van der Waals surface area contributed by atoms with Gasteiger partial charge < -0.3 is 4.74 Å². The van der Waals surface area contributed by atoms with Crippen molar-refractivity contribution in [3.05, 3.63) is 58.6 Å². The Hall–Kier alpha value is -1.94. The minimum absolute atomic E-state index is 0.00521. The molecular weight excluding hydrogens is 262 g/mol. The summed E-state index contributed by atoms with van der Waals surface area (Å²) in [7, 11) is 0. The molecule has 2 nitrogen and oxygen atoms in total. The maximum absolute atomic E-state index is 13.6. The van der Waals surface area contributed by atoms with Crippen LogP contribution < -0.4 is 4.74 Å². The average molecular weight is 269 g/mol. The Bertz CT molecular complexity index is 600. The number of aldehydes is 1. The lowest BCUT2D eigenvalue weighted by Gasteiger charge is -2.09. The molecule has 0 saturated carbocycles. The molecule has 2 aromatic carbocycles. The highest BCUT2D eigenvalue weighted by molar-refractivity contribution is 6.30. The van der Waals surface area contributed by atoms with E-state index in [1.807, 2.05) is 0 Å². The van der Waals surface area contributed by atoms with Crippen molar-refractivity contribution in [3.63, 3.8) is 0 Å². The van der Waals surface area contributed by atoms with Crippen LogP contribution in [0.2, 0.25) is 5.02 Å². The molecule has 92 valence electrons. The zero-order chi connectivity index (χ0) is 13.1. The fourth-order valence-corrected chi connectivity index (χ4v) is 1.55. The van der Waals surface area contributed by atoms with Crippen LogP contribution in [0.3, 0.4) is 0 Å². The number of hydrogen-bond acceptors (Lipinski definition) is 2. The van der Waals surface area contributed by atoms with Gasteiger partial charge in [0.05, 0.1) is 10.6 Å². The van der Waals surface area contributed by atoms with Gasteiger partial charge in [-0.3, -0.25) is 4.79 Å². The van der Waals surface area contributed by atoms with E-state index in [-0.39, 0.29) is 22.1 Å². The van der Waals surface area contributed by atoms with E-state index >= 15 is 0 Å². The van der Waals surface area contributed by atoms with Crippen LogP contribution >= 0.6 is 11.6 Å². The monoisotopic (exact) mass is 268 g/mol. The van der Waals surface area contributed by atoms with Gasteiger partial charge in [-0.1, -0.05) is 17.7 Å². The first-order valence-electron chi connectivity index (χ1n) is 4.98. The standard InChI is InChI=1S/C13H7ClF2O2/c14-10-2-1-3-12(13(10)16)18-11-5-4-9(15)6-8(11)7-17/h1-7H. The largest absolute Gasteiger partial charge is 0.453 e. The van der Waals surface area contributed by atoms with Gasteiger partial charge in [0.25, 0.3) is 0 Å². The van der Waals surface area contributed by atoms with Gasteiger partial charge in [-0.05, 0) is 30.3 Å². The van der Waals surface area contributed by atoms with Crippen molar-refractivity contribution in [2.45, 2.75) is 0 Å². The summed E-state index contributed by atoms with van der Waals surface area (Å²) >= 11 is 5.59. The first-order valence-corrected chi connectivity index (χ1v) is 5.36. The van der Waals surface area contributed by atoms with Gasteiger partial charge in [-0.15, -0.1) is 0 Å². The van der Waals surface area contributed by atoms with Crippen LogP contribution in [0.4, 0.5) is 8.78 Å². The Kier molecular flexibility index (Phi) is 3.58. The van der Waals surface area contributed by atoms with Gasteiger partial charge in [-0.25, -0.2) is 8.78 Å². The van der Waals surface area contributed by atoms with Gasteiger partial charge in [-0.2, -0.15) is 0 Å². The summed E-state index contributed by atoms with van der Waals surface area (Å²) < 4.78 is 31.7. The lowest BCUT2D eigenvalue weighted by Crippen LogP contribution is -1.94. The first-order chi connectivity index (χ1) is 8.61. The summed E-state index contributed by atoms with van der Waals surface area (Å²) in [6.07, 6.45) is 0.431. The minimum Gasteiger partial charge on any atom is -0.453 e. The van der Waals surface area contributed by atoms with E-state index in [9.17, 15) is 13.6 Å². The first kappa shape index (κ1) is 12.5.